The molecule has 1 atom stereocenters. The lowest BCUT2D eigenvalue weighted by Crippen LogP contribution is -2.27. The second kappa shape index (κ2) is 7.56. The topological polar surface area (TPSA) is 77.0 Å². The van der Waals surface area contributed by atoms with E-state index in [4.69, 9.17) is 0 Å². The summed E-state index contributed by atoms with van der Waals surface area (Å²) in [5.41, 5.74) is 1.52. The van der Waals surface area contributed by atoms with E-state index in [1.807, 2.05) is 0 Å². The number of carbonyl (C=O) groups excluding carboxylic acids is 1. The number of alkyl halides is 3. The maximum atomic E-state index is 12.4. The first-order chi connectivity index (χ1) is 12.8. The maximum Gasteiger partial charge on any atom is 0.422 e. The number of nitrogens with one attached hydrogen (secondary N) is 1. The van der Waals surface area contributed by atoms with Crippen LogP contribution in [0.3, 0.4) is 0 Å². The largest absolute Gasteiger partial charge is 0.468 e. The highest BCUT2D eigenvalue weighted by Crippen LogP contribution is 2.19. The van der Waals surface area contributed by atoms with Crippen LogP contribution in [-0.2, 0) is 0 Å². The van der Waals surface area contributed by atoms with Gasteiger partial charge in [-0.25, -0.2) is 9.97 Å². The summed E-state index contributed by atoms with van der Waals surface area (Å²) in [5, 5.41) is 3.60. The molecule has 0 aliphatic rings. The Morgan fingerprint density at radius 1 is 1.19 bits per heavy atom. The molecule has 140 valence electrons. The molecule has 1 N–H and O–H groups in total. The molecule has 1 amide bonds. The number of halogens is 3. The average molecular weight is 376 g/mol. The van der Waals surface area contributed by atoms with Gasteiger partial charge in [0.1, 0.15) is 5.69 Å². The Labute approximate surface area is 152 Å². The van der Waals surface area contributed by atoms with E-state index in [-0.39, 0.29) is 17.5 Å². The van der Waals surface area contributed by atoms with Crippen LogP contribution >= 0.6 is 0 Å². The van der Waals surface area contributed by atoms with Gasteiger partial charge in [0.25, 0.3) is 5.91 Å². The van der Waals surface area contributed by atoms with Crippen molar-refractivity contribution in [3.05, 3.63) is 60.2 Å². The van der Waals surface area contributed by atoms with Crippen molar-refractivity contribution in [2.75, 3.05) is 6.61 Å². The van der Waals surface area contributed by atoms with E-state index in [0.29, 0.717) is 11.1 Å². The molecule has 0 radical (unpaired) electrons. The second-order valence-electron chi connectivity index (χ2n) is 5.79. The van der Waals surface area contributed by atoms with Crippen LogP contribution in [0.1, 0.15) is 29.0 Å². The molecule has 3 rings (SSSR count). The van der Waals surface area contributed by atoms with E-state index < -0.39 is 18.8 Å². The summed E-state index contributed by atoms with van der Waals surface area (Å²) in [7, 11) is 0. The molecule has 0 spiro atoms. The predicted molar refractivity (Wildman–Crippen MR) is 91.2 cm³/mol. The van der Waals surface area contributed by atoms with Crippen molar-refractivity contribution in [3.63, 3.8) is 0 Å². The Morgan fingerprint density at radius 3 is 2.70 bits per heavy atom. The normalized spacial score (nSPS) is 12.6. The molecule has 0 aliphatic carbocycles. The summed E-state index contributed by atoms with van der Waals surface area (Å²) in [5.74, 6) is -0.516. The molecule has 3 aromatic heterocycles. The van der Waals surface area contributed by atoms with Crippen LogP contribution in [0, 0.1) is 0 Å². The molecule has 3 heterocycles. The van der Waals surface area contributed by atoms with Gasteiger partial charge in [0.2, 0.25) is 5.88 Å². The molecular weight excluding hydrogens is 361 g/mol. The van der Waals surface area contributed by atoms with Crippen molar-refractivity contribution >= 4 is 16.8 Å². The van der Waals surface area contributed by atoms with Crippen molar-refractivity contribution < 1.29 is 22.7 Å². The van der Waals surface area contributed by atoms with E-state index in [2.05, 4.69) is 25.0 Å². The standard InChI is InChI=1S/C18H15F3N4O2/c1-11(12-3-5-16(23-9-12)27-10-18(19,20)21)24-17(26)15-4-2-13-8-22-7-6-14(13)25-15/h2-9,11H,10H2,1H3,(H,24,26). The average Bonchev–Trinajstić information content (AvgIpc) is 2.65. The van der Waals surface area contributed by atoms with Crippen LogP contribution in [0.4, 0.5) is 13.2 Å². The third-order valence-corrected chi connectivity index (χ3v) is 3.71. The Bertz CT molecular complexity index is 945. The zero-order valence-electron chi connectivity index (χ0n) is 14.2. The zero-order valence-corrected chi connectivity index (χ0v) is 14.2. The number of aromatic nitrogens is 3. The van der Waals surface area contributed by atoms with Gasteiger partial charge in [-0.15, -0.1) is 0 Å². The van der Waals surface area contributed by atoms with Crippen LogP contribution < -0.4 is 10.1 Å². The van der Waals surface area contributed by atoms with E-state index in [1.54, 1.807) is 43.6 Å². The summed E-state index contributed by atoms with van der Waals surface area (Å²) in [6, 6.07) is 7.51. The number of carbonyl (C=O) groups is 1. The van der Waals surface area contributed by atoms with Crippen molar-refractivity contribution in [2.24, 2.45) is 0 Å². The molecule has 0 fully saturated rings. The van der Waals surface area contributed by atoms with Gasteiger partial charge in [-0.05, 0) is 30.7 Å². The van der Waals surface area contributed by atoms with E-state index in [0.717, 1.165) is 5.39 Å². The van der Waals surface area contributed by atoms with Gasteiger partial charge in [-0.3, -0.25) is 9.78 Å². The predicted octanol–water partition coefficient (Wildman–Crippen LogP) is 3.46. The van der Waals surface area contributed by atoms with Crippen LogP contribution in [0.25, 0.3) is 10.9 Å². The number of fused-ring (bicyclic) bond motifs is 1. The molecule has 27 heavy (non-hydrogen) atoms. The molecule has 3 aromatic rings. The Kier molecular flexibility index (Phi) is 5.20. The van der Waals surface area contributed by atoms with Crippen molar-refractivity contribution in [1.82, 2.24) is 20.3 Å². The first kappa shape index (κ1) is 18.6. The van der Waals surface area contributed by atoms with Crippen LogP contribution in [0.2, 0.25) is 0 Å². The van der Waals surface area contributed by atoms with Gasteiger partial charge < -0.3 is 10.1 Å². The first-order valence-corrected chi connectivity index (χ1v) is 7.99. The maximum absolute atomic E-state index is 12.4. The summed E-state index contributed by atoms with van der Waals surface area (Å²) in [6.45, 7) is 0.324. The van der Waals surface area contributed by atoms with Gasteiger partial charge in [0, 0.05) is 30.0 Å². The van der Waals surface area contributed by atoms with Gasteiger partial charge in [0.15, 0.2) is 6.61 Å². The number of hydrogen-bond acceptors (Lipinski definition) is 5. The summed E-state index contributed by atoms with van der Waals surface area (Å²) in [6.07, 6.45) is 0.176. The fraction of sp³-hybridized carbons (Fsp3) is 0.222. The molecule has 0 saturated carbocycles. The number of ether oxygens (including phenoxy) is 1. The number of amides is 1. The molecule has 0 aromatic carbocycles. The highest BCUT2D eigenvalue weighted by Gasteiger charge is 2.28. The molecule has 0 aliphatic heterocycles. The van der Waals surface area contributed by atoms with Crippen LogP contribution in [-0.4, -0.2) is 33.6 Å². The summed E-state index contributed by atoms with van der Waals surface area (Å²) >= 11 is 0. The van der Waals surface area contributed by atoms with E-state index in [9.17, 15) is 18.0 Å². The molecule has 6 nitrogen and oxygen atoms in total. The third-order valence-electron chi connectivity index (χ3n) is 3.71. The SMILES string of the molecule is CC(NC(=O)c1ccc2cnccc2n1)c1ccc(OCC(F)(F)F)nc1. The minimum absolute atomic E-state index is 0.139. The summed E-state index contributed by atoms with van der Waals surface area (Å²) < 4.78 is 41.0. The van der Waals surface area contributed by atoms with Gasteiger partial charge in [0.05, 0.1) is 11.6 Å². The molecular formula is C18H15F3N4O2. The fourth-order valence-electron chi connectivity index (χ4n) is 2.33. The smallest absolute Gasteiger partial charge is 0.422 e. The number of pyridine rings is 3. The Balaban J connectivity index is 1.65. The summed E-state index contributed by atoms with van der Waals surface area (Å²) in [4.78, 5) is 24.5. The van der Waals surface area contributed by atoms with Crippen molar-refractivity contribution in [3.8, 4) is 5.88 Å². The van der Waals surface area contributed by atoms with Gasteiger partial charge >= 0.3 is 6.18 Å². The fourth-order valence-corrected chi connectivity index (χ4v) is 2.33. The second-order valence-corrected chi connectivity index (χ2v) is 5.79. The molecule has 1 unspecified atom stereocenters. The van der Waals surface area contributed by atoms with E-state index >= 15 is 0 Å². The minimum Gasteiger partial charge on any atom is -0.468 e. The lowest BCUT2D eigenvalue weighted by atomic mass is 10.1. The number of nitrogens with zero attached hydrogens (tertiary/aromatic N) is 3. The zero-order chi connectivity index (χ0) is 19.4. The highest BCUT2D eigenvalue weighted by atomic mass is 19.4. The lowest BCUT2D eigenvalue weighted by molar-refractivity contribution is -0.154. The molecule has 9 heteroatoms. The van der Waals surface area contributed by atoms with E-state index in [1.165, 1.54) is 12.3 Å². The molecule has 0 saturated heterocycles. The third kappa shape index (κ3) is 4.90. The quantitative estimate of drug-likeness (QED) is 0.738. The monoisotopic (exact) mass is 376 g/mol. The van der Waals surface area contributed by atoms with Gasteiger partial charge in [-0.1, -0.05) is 6.07 Å². The minimum atomic E-state index is -4.43. The number of rotatable bonds is 5. The van der Waals surface area contributed by atoms with Crippen molar-refractivity contribution in [1.29, 1.82) is 0 Å². The Morgan fingerprint density at radius 2 is 2.00 bits per heavy atom. The van der Waals surface area contributed by atoms with Crippen molar-refractivity contribution in [2.45, 2.75) is 19.1 Å². The highest BCUT2D eigenvalue weighted by molar-refractivity contribution is 5.94. The van der Waals surface area contributed by atoms with Gasteiger partial charge in [-0.2, -0.15) is 13.2 Å². The first-order valence-electron chi connectivity index (χ1n) is 7.99. The Hall–Kier alpha value is -3.23. The number of hydrogen-bond donors (Lipinski definition) is 1. The molecule has 0 bridgehead atoms. The van der Waals surface area contributed by atoms with Crippen LogP contribution in [0.5, 0.6) is 5.88 Å². The van der Waals surface area contributed by atoms with Crippen LogP contribution in [0.15, 0.2) is 48.9 Å². The lowest BCUT2D eigenvalue weighted by Gasteiger charge is -2.14.